The van der Waals surface area contributed by atoms with Crippen molar-refractivity contribution in [2.24, 2.45) is 5.92 Å². The number of hydrogen-bond donors (Lipinski definition) is 1. The number of carbonyl (C=O) groups is 1. The lowest BCUT2D eigenvalue weighted by molar-refractivity contribution is -0.141. The van der Waals surface area contributed by atoms with E-state index in [1.54, 1.807) is 0 Å². The zero-order valence-electron chi connectivity index (χ0n) is 7.81. The predicted octanol–water partition coefficient (Wildman–Crippen LogP) is 1.95. The van der Waals surface area contributed by atoms with E-state index in [4.69, 9.17) is 11.5 Å². The van der Waals surface area contributed by atoms with Gasteiger partial charge in [-0.3, -0.25) is 4.79 Å². The van der Waals surface area contributed by atoms with Crippen LogP contribution in [0.15, 0.2) is 30.3 Å². The van der Waals surface area contributed by atoms with Crippen molar-refractivity contribution in [3.05, 3.63) is 35.9 Å². The Bertz CT molecular complexity index is 335. The minimum Gasteiger partial charge on any atom is -0.481 e. The van der Waals surface area contributed by atoms with Crippen molar-refractivity contribution in [3.8, 4) is 12.3 Å². The first kappa shape index (κ1) is 10.3. The summed E-state index contributed by atoms with van der Waals surface area (Å²) in [6.45, 7) is 0. The lowest BCUT2D eigenvalue weighted by Crippen LogP contribution is -2.15. The number of carboxylic acids is 1. The molecule has 0 spiro atoms. The molecule has 14 heavy (non-hydrogen) atoms. The minimum absolute atomic E-state index is 0.282. The molecule has 1 unspecified atom stereocenters. The molecular formula is C12H12O2. The Morgan fingerprint density at radius 2 is 2.07 bits per heavy atom. The highest BCUT2D eigenvalue weighted by molar-refractivity contribution is 5.70. The molecule has 1 aromatic carbocycles. The Balaban J connectivity index is 2.66. The van der Waals surface area contributed by atoms with E-state index < -0.39 is 11.9 Å². The van der Waals surface area contributed by atoms with Gasteiger partial charge < -0.3 is 5.11 Å². The molecule has 1 rings (SSSR count). The fraction of sp³-hybridized carbons (Fsp3) is 0.250. The van der Waals surface area contributed by atoms with Crippen LogP contribution >= 0.6 is 0 Å². The van der Waals surface area contributed by atoms with E-state index in [0.717, 1.165) is 5.56 Å². The summed E-state index contributed by atoms with van der Waals surface area (Å²) >= 11 is 0. The first-order valence-electron chi connectivity index (χ1n) is 4.44. The van der Waals surface area contributed by atoms with Crippen LogP contribution in [0.1, 0.15) is 12.0 Å². The number of benzene rings is 1. The second-order valence-corrected chi connectivity index (χ2v) is 3.13. The van der Waals surface area contributed by atoms with Crippen LogP contribution in [0.5, 0.6) is 0 Å². The summed E-state index contributed by atoms with van der Waals surface area (Å²) in [6, 6.07) is 9.51. The maximum absolute atomic E-state index is 10.8. The van der Waals surface area contributed by atoms with Gasteiger partial charge in [0.05, 0.1) is 5.92 Å². The molecule has 0 fully saturated rings. The number of rotatable bonds is 4. The van der Waals surface area contributed by atoms with Crippen LogP contribution in [-0.2, 0) is 11.2 Å². The van der Waals surface area contributed by atoms with Gasteiger partial charge in [-0.15, -0.1) is 12.3 Å². The Morgan fingerprint density at radius 3 is 2.57 bits per heavy atom. The largest absolute Gasteiger partial charge is 0.481 e. The van der Waals surface area contributed by atoms with Crippen molar-refractivity contribution in [3.63, 3.8) is 0 Å². The van der Waals surface area contributed by atoms with Crippen LogP contribution in [0.3, 0.4) is 0 Å². The van der Waals surface area contributed by atoms with Crippen molar-refractivity contribution in [1.82, 2.24) is 0 Å². The van der Waals surface area contributed by atoms with Gasteiger partial charge in [-0.05, 0) is 12.0 Å². The summed E-state index contributed by atoms with van der Waals surface area (Å²) in [7, 11) is 0. The monoisotopic (exact) mass is 188 g/mol. The zero-order chi connectivity index (χ0) is 10.4. The van der Waals surface area contributed by atoms with Gasteiger partial charge in [-0.25, -0.2) is 0 Å². The SMILES string of the molecule is C#CCC(Cc1ccccc1)C(=O)O. The average Bonchev–Trinajstić information content (AvgIpc) is 2.18. The Labute approximate surface area is 83.6 Å². The highest BCUT2D eigenvalue weighted by atomic mass is 16.4. The van der Waals surface area contributed by atoms with Crippen molar-refractivity contribution >= 4 is 5.97 Å². The van der Waals surface area contributed by atoms with Crippen LogP contribution < -0.4 is 0 Å². The molecule has 72 valence electrons. The molecule has 0 radical (unpaired) electrons. The van der Waals surface area contributed by atoms with Gasteiger partial charge in [0.25, 0.3) is 0 Å². The molecule has 0 aliphatic carbocycles. The first-order valence-corrected chi connectivity index (χ1v) is 4.44. The zero-order valence-corrected chi connectivity index (χ0v) is 7.81. The molecule has 2 nitrogen and oxygen atoms in total. The quantitative estimate of drug-likeness (QED) is 0.733. The molecule has 0 bridgehead atoms. The van der Waals surface area contributed by atoms with E-state index >= 15 is 0 Å². The molecule has 1 atom stereocenters. The van der Waals surface area contributed by atoms with Crippen LogP contribution in [0.2, 0.25) is 0 Å². The Kier molecular flexibility index (Phi) is 3.75. The van der Waals surface area contributed by atoms with Gasteiger partial charge in [0, 0.05) is 6.42 Å². The minimum atomic E-state index is -0.827. The third-order valence-corrected chi connectivity index (χ3v) is 2.04. The normalized spacial score (nSPS) is 11.6. The molecule has 2 heteroatoms. The number of terminal acetylenes is 1. The number of aliphatic carboxylic acids is 1. The molecule has 0 amide bonds. The lowest BCUT2D eigenvalue weighted by atomic mass is 9.97. The molecule has 0 saturated heterocycles. The third-order valence-electron chi connectivity index (χ3n) is 2.04. The van der Waals surface area contributed by atoms with E-state index in [9.17, 15) is 4.79 Å². The topological polar surface area (TPSA) is 37.3 Å². The van der Waals surface area contributed by atoms with Gasteiger partial charge in [0.1, 0.15) is 0 Å². The van der Waals surface area contributed by atoms with Gasteiger partial charge in [-0.2, -0.15) is 0 Å². The smallest absolute Gasteiger partial charge is 0.307 e. The lowest BCUT2D eigenvalue weighted by Gasteiger charge is -2.08. The molecule has 0 heterocycles. The summed E-state index contributed by atoms with van der Waals surface area (Å²) in [4.78, 5) is 10.8. The maximum atomic E-state index is 10.8. The van der Waals surface area contributed by atoms with Gasteiger partial charge in [0.2, 0.25) is 0 Å². The van der Waals surface area contributed by atoms with Crippen molar-refractivity contribution in [2.75, 3.05) is 0 Å². The van der Waals surface area contributed by atoms with Crippen LogP contribution in [0, 0.1) is 18.3 Å². The fourth-order valence-corrected chi connectivity index (χ4v) is 1.29. The highest BCUT2D eigenvalue weighted by Gasteiger charge is 2.16. The standard InChI is InChI=1S/C12H12O2/c1-2-6-11(12(13)14)9-10-7-4-3-5-8-10/h1,3-5,7-8,11H,6,9H2,(H,13,14). The molecule has 1 N–H and O–H groups in total. The summed E-state index contributed by atoms with van der Waals surface area (Å²) in [5, 5.41) is 8.87. The van der Waals surface area contributed by atoms with Gasteiger partial charge in [-0.1, -0.05) is 30.3 Å². The van der Waals surface area contributed by atoms with Gasteiger partial charge in [0.15, 0.2) is 0 Å². The van der Waals surface area contributed by atoms with Gasteiger partial charge >= 0.3 is 5.97 Å². The summed E-state index contributed by atoms with van der Waals surface area (Å²) in [6.07, 6.45) is 5.89. The molecule has 0 aliphatic heterocycles. The summed E-state index contributed by atoms with van der Waals surface area (Å²) < 4.78 is 0. The molecule has 1 aromatic rings. The summed E-state index contributed by atoms with van der Waals surface area (Å²) in [5.41, 5.74) is 1.01. The number of hydrogen-bond acceptors (Lipinski definition) is 1. The maximum Gasteiger partial charge on any atom is 0.307 e. The predicted molar refractivity (Wildman–Crippen MR) is 54.7 cm³/mol. The second-order valence-electron chi connectivity index (χ2n) is 3.13. The Hall–Kier alpha value is -1.75. The van der Waals surface area contributed by atoms with Crippen LogP contribution in [0.4, 0.5) is 0 Å². The van der Waals surface area contributed by atoms with E-state index in [-0.39, 0.29) is 6.42 Å². The molecular weight excluding hydrogens is 176 g/mol. The molecule has 0 saturated carbocycles. The third kappa shape index (κ3) is 2.95. The van der Waals surface area contributed by atoms with E-state index in [2.05, 4.69) is 5.92 Å². The van der Waals surface area contributed by atoms with E-state index in [1.165, 1.54) is 0 Å². The van der Waals surface area contributed by atoms with Crippen molar-refractivity contribution in [2.45, 2.75) is 12.8 Å². The average molecular weight is 188 g/mol. The first-order chi connectivity index (χ1) is 6.74. The van der Waals surface area contributed by atoms with Crippen LogP contribution in [-0.4, -0.2) is 11.1 Å². The fourth-order valence-electron chi connectivity index (χ4n) is 1.29. The highest BCUT2D eigenvalue weighted by Crippen LogP contribution is 2.11. The van der Waals surface area contributed by atoms with E-state index in [0.29, 0.717) is 6.42 Å². The number of carboxylic acid groups (broad SMARTS) is 1. The van der Waals surface area contributed by atoms with Crippen LogP contribution in [0.25, 0.3) is 0 Å². The molecule has 0 aliphatic rings. The second kappa shape index (κ2) is 5.08. The summed E-state index contributed by atoms with van der Waals surface area (Å²) in [5.74, 6) is 1.09. The molecule has 0 aromatic heterocycles. The Morgan fingerprint density at radius 1 is 1.43 bits per heavy atom. The van der Waals surface area contributed by atoms with Crippen molar-refractivity contribution in [1.29, 1.82) is 0 Å². The van der Waals surface area contributed by atoms with E-state index in [1.807, 2.05) is 30.3 Å². The van der Waals surface area contributed by atoms with Crippen molar-refractivity contribution < 1.29 is 9.90 Å².